The highest BCUT2D eigenvalue weighted by atomic mass is 32.1. The van der Waals surface area contributed by atoms with Crippen molar-refractivity contribution in [3.63, 3.8) is 0 Å². The lowest BCUT2D eigenvalue weighted by Crippen LogP contribution is -2.65. The molecule has 7 nitrogen and oxygen atoms in total. The summed E-state index contributed by atoms with van der Waals surface area (Å²) in [6, 6.07) is 0. The van der Waals surface area contributed by atoms with E-state index in [0.29, 0.717) is 16.7 Å². The summed E-state index contributed by atoms with van der Waals surface area (Å²) in [5.41, 5.74) is 5.24. The molecule has 0 aromatic carbocycles. The quantitative estimate of drug-likeness (QED) is 0.868. The van der Waals surface area contributed by atoms with Gasteiger partial charge in [-0.25, -0.2) is 15.0 Å². The predicted molar refractivity (Wildman–Crippen MR) is 97.4 cm³/mol. The topological polar surface area (TPSA) is 94.2 Å². The van der Waals surface area contributed by atoms with Crippen LogP contribution in [0.1, 0.15) is 43.0 Å². The van der Waals surface area contributed by atoms with Crippen molar-refractivity contribution in [2.75, 3.05) is 18.0 Å². The Morgan fingerprint density at radius 1 is 1.15 bits per heavy atom. The Hall–Kier alpha value is -2.22. The third-order valence-electron chi connectivity index (χ3n) is 6.05. The van der Waals surface area contributed by atoms with Gasteiger partial charge in [-0.2, -0.15) is 0 Å². The molecule has 4 fully saturated rings. The number of carbonyl (C=O) groups is 1. The van der Waals surface area contributed by atoms with Gasteiger partial charge in [-0.05, 0) is 38.0 Å². The van der Waals surface area contributed by atoms with Crippen LogP contribution in [0, 0.1) is 11.3 Å². The van der Waals surface area contributed by atoms with Gasteiger partial charge in [0.05, 0.1) is 24.0 Å². The number of ether oxygens (including phenoxy) is 1. The number of primary amides is 1. The second-order valence-corrected chi connectivity index (χ2v) is 8.58. The molecule has 4 aliphatic rings. The number of nitrogens with zero attached hydrogens (tertiary/aromatic N) is 4. The van der Waals surface area contributed by atoms with Crippen molar-refractivity contribution in [1.82, 2.24) is 15.0 Å². The van der Waals surface area contributed by atoms with Gasteiger partial charge in [0.15, 0.2) is 5.75 Å². The maximum atomic E-state index is 11.7. The molecule has 2 bridgehead atoms. The first kappa shape index (κ1) is 16.0. The molecule has 3 aliphatic carbocycles. The SMILES string of the molecule is NC(=O)C12CC(C1)C2c1ncc(Oc2cnc(N3CCCCC3)nc2)s1. The van der Waals surface area contributed by atoms with Gasteiger partial charge in [0, 0.05) is 19.0 Å². The third kappa shape index (κ3) is 2.39. The number of rotatable bonds is 5. The number of hydrogen-bond donors (Lipinski definition) is 1. The van der Waals surface area contributed by atoms with Crippen LogP contribution < -0.4 is 15.4 Å². The minimum Gasteiger partial charge on any atom is -0.442 e. The lowest BCUT2D eigenvalue weighted by molar-refractivity contribution is -0.173. The molecule has 1 amide bonds. The number of carbonyl (C=O) groups excluding carboxylic acids is 1. The molecule has 2 aromatic rings. The molecule has 1 atom stereocenters. The molecule has 0 spiro atoms. The van der Waals surface area contributed by atoms with E-state index in [-0.39, 0.29) is 17.2 Å². The van der Waals surface area contributed by atoms with E-state index in [4.69, 9.17) is 10.5 Å². The van der Waals surface area contributed by atoms with Crippen molar-refractivity contribution in [3.05, 3.63) is 23.6 Å². The normalized spacial score (nSPS) is 29.6. The van der Waals surface area contributed by atoms with Crippen LogP contribution in [0.15, 0.2) is 18.6 Å². The van der Waals surface area contributed by atoms with Gasteiger partial charge in [0.25, 0.3) is 0 Å². The number of hydrogen-bond acceptors (Lipinski definition) is 7. The average molecular weight is 371 g/mol. The van der Waals surface area contributed by atoms with Crippen molar-refractivity contribution in [3.8, 4) is 10.8 Å². The molecule has 6 rings (SSSR count). The summed E-state index contributed by atoms with van der Waals surface area (Å²) in [5, 5.41) is 1.65. The molecule has 3 saturated carbocycles. The largest absolute Gasteiger partial charge is 0.442 e. The van der Waals surface area contributed by atoms with E-state index in [1.54, 1.807) is 18.6 Å². The molecule has 26 heavy (non-hydrogen) atoms. The van der Waals surface area contributed by atoms with Crippen molar-refractivity contribution >= 4 is 23.2 Å². The van der Waals surface area contributed by atoms with E-state index in [1.165, 1.54) is 30.6 Å². The predicted octanol–water partition coefficient (Wildman–Crippen LogP) is 2.69. The molecule has 8 heteroatoms. The van der Waals surface area contributed by atoms with Gasteiger partial charge in [0.2, 0.25) is 16.9 Å². The van der Waals surface area contributed by atoms with E-state index in [9.17, 15) is 4.79 Å². The van der Waals surface area contributed by atoms with E-state index >= 15 is 0 Å². The molecule has 0 radical (unpaired) electrons. The summed E-state index contributed by atoms with van der Waals surface area (Å²) in [6.07, 6.45) is 10.6. The van der Waals surface area contributed by atoms with Crippen molar-refractivity contribution in [2.24, 2.45) is 17.1 Å². The molecule has 1 saturated heterocycles. The van der Waals surface area contributed by atoms with Crippen LogP contribution in [0.25, 0.3) is 0 Å². The highest BCUT2D eigenvalue weighted by Crippen LogP contribution is 2.73. The summed E-state index contributed by atoms with van der Waals surface area (Å²) >= 11 is 1.49. The van der Waals surface area contributed by atoms with Gasteiger partial charge in [-0.15, -0.1) is 0 Å². The molecule has 136 valence electrons. The Labute approximate surface area is 155 Å². The van der Waals surface area contributed by atoms with Gasteiger partial charge in [-0.3, -0.25) is 4.79 Å². The number of amides is 1. The Balaban J connectivity index is 1.26. The number of nitrogens with two attached hydrogens (primary N) is 1. The van der Waals surface area contributed by atoms with Crippen LogP contribution in [-0.2, 0) is 4.79 Å². The first-order valence-corrected chi connectivity index (χ1v) is 9.98. The Bertz CT molecular complexity index is 824. The van der Waals surface area contributed by atoms with E-state index in [2.05, 4.69) is 19.9 Å². The van der Waals surface area contributed by atoms with Crippen LogP contribution in [0.3, 0.4) is 0 Å². The zero-order chi connectivity index (χ0) is 17.7. The smallest absolute Gasteiger partial charge is 0.225 e. The van der Waals surface area contributed by atoms with E-state index in [1.807, 2.05) is 0 Å². The Kier molecular flexibility index (Phi) is 3.63. The molecule has 2 N–H and O–H groups in total. The van der Waals surface area contributed by atoms with Crippen LogP contribution in [0.5, 0.6) is 10.8 Å². The van der Waals surface area contributed by atoms with Gasteiger partial charge < -0.3 is 15.4 Å². The first-order valence-electron chi connectivity index (χ1n) is 9.16. The maximum Gasteiger partial charge on any atom is 0.225 e. The van der Waals surface area contributed by atoms with Gasteiger partial charge >= 0.3 is 0 Å². The van der Waals surface area contributed by atoms with E-state index in [0.717, 1.165) is 36.9 Å². The molecule has 3 heterocycles. The molecule has 2 aromatic heterocycles. The number of piperidine rings is 1. The highest BCUT2D eigenvalue weighted by Gasteiger charge is 2.70. The number of anilines is 1. The Morgan fingerprint density at radius 3 is 2.50 bits per heavy atom. The summed E-state index contributed by atoms with van der Waals surface area (Å²) < 4.78 is 5.86. The van der Waals surface area contributed by atoms with E-state index < -0.39 is 0 Å². The number of thiazole rings is 1. The second kappa shape index (κ2) is 5.90. The zero-order valence-corrected chi connectivity index (χ0v) is 15.2. The summed E-state index contributed by atoms with van der Waals surface area (Å²) in [5.74, 6) is 1.91. The van der Waals surface area contributed by atoms with Crippen molar-refractivity contribution in [1.29, 1.82) is 0 Å². The first-order chi connectivity index (χ1) is 12.7. The summed E-state index contributed by atoms with van der Waals surface area (Å²) in [7, 11) is 0. The van der Waals surface area contributed by atoms with Crippen molar-refractivity contribution < 1.29 is 9.53 Å². The van der Waals surface area contributed by atoms with Crippen LogP contribution in [-0.4, -0.2) is 33.9 Å². The minimum atomic E-state index is -0.348. The minimum absolute atomic E-state index is 0.181. The monoisotopic (exact) mass is 371 g/mol. The summed E-state index contributed by atoms with van der Waals surface area (Å²) in [6.45, 7) is 2.03. The molecule has 1 aliphatic heterocycles. The van der Waals surface area contributed by atoms with Crippen molar-refractivity contribution in [2.45, 2.75) is 38.0 Å². The van der Waals surface area contributed by atoms with Crippen LogP contribution in [0.2, 0.25) is 0 Å². The van der Waals surface area contributed by atoms with Crippen LogP contribution in [0.4, 0.5) is 5.95 Å². The summed E-state index contributed by atoms with van der Waals surface area (Å²) in [4.78, 5) is 27.3. The molecule has 1 unspecified atom stereocenters. The fourth-order valence-electron chi connectivity index (χ4n) is 4.49. The molecular weight excluding hydrogens is 350 g/mol. The fourth-order valence-corrected chi connectivity index (χ4v) is 5.59. The standard InChI is InChI=1S/C18H21N5O2S/c19-16(24)18-6-11(7-18)14(18)15-20-10-13(26-15)25-12-8-21-17(22-9-12)23-4-2-1-3-5-23/h8-11,14H,1-7H2,(H2,19,24). The Morgan fingerprint density at radius 2 is 1.88 bits per heavy atom. The highest BCUT2D eigenvalue weighted by molar-refractivity contribution is 7.13. The van der Waals surface area contributed by atoms with Gasteiger partial charge in [-0.1, -0.05) is 11.3 Å². The fraction of sp³-hybridized carbons (Fsp3) is 0.556. The lowest BCUT2D eigenvalue weighted by Gasteiger charge is -2.65. The van der Waals surface area contributed by atoms with Crippen LogP contribution >= 0.6 is 11.3 Å². The third-order valence-corrected chi connectivity index (χ3v) is 7.01. The van der Waals surface area contributed by atoms with Gasteiger partial charge in [0.1, 0.15) is 5.01 Å². The molecular formula is C18H21N5O2S. The zero-order valence-electron chi connectivity index (χ0n) is 14.4. The lowest BCUT2D eigenvalue weighted by atomic mass is 9.37. The average Bonchev–Trinajstić information content (AvgIpc) is 3.01. The second-order valence-electron chi connectivity index (χ2n) is 7.55. The maximum absolute atomic E-state index is 11.7. The number of aromatic nitrogens is 3.